The highest BCUT2D eigenvalue weighted by atomic mass is 35.5. The van der Waals surface area contributed by atoms with Crippen molar-refractivity contribution < 1.29 is 19.1 Å². The van der Waals surface area contributed by atoms with Gasteiger partial charge in [0.05, 0.1) is 37.0 Å². The Labute approximate surface area is 143 Å². The zero-order chi connectivity index (χ0) is 17.5. The highest BCUT2D eigenvalue weighted by Crippen LogP contribution is 2.35. The molecule has 1 aromatic carbocycles. The van der Waals surface area contributed by atoms with E-state index in [1.165, 1.54) is 26.5 Å². The third-order valence-corrected chi connectivity index (χ3v) is 3.38. The molecular formula is C16H16ClN3O4. The van der Waals surface area contributed by atoms with Crippen LogP contribution >= 0.6 is 11.6 Å². The second kappa shape index (κ2) is 8.16. The summed E-state index contributed by atoms with van der Waals surface area (Å²) in [5.41, 5.74) is 0.760. The number of nitrogens with zero attached hydrogens (tertiary/aromatic N) is 1. The fourth-order valence-corrected chi connectivity index (χ4v) is 2.14. The van der Waals surface area contributed by atoms with Crippen LogP contribution in [0.5, 0.6) is 11.5 Å². The number of benzene rings is 1. The first-order chi connectivity index (χ1) is 11.5. The number of aromatic nitrogens is 1. The van der Waals surface area contributed by atoms with Crippen LogP contribution in [0.1, 0.15) is 10.4 Å². The zero-order valence-electron chi connectivity index (χ0n) is 13.1. The Morgan fingerprint density at radius 1 is 1.21 bits per heavy atom. The predicted octanol–water partition coefficient (Wildman–Crippen LogP) is 2.12. The van der Waals surface area contributed by atoms with Gasteiger partial charge in [0.2, 0.25) is 5.91 Å². The fourth-order valence-electron chi connectivity index (χ4n) is 1.91. The predicted molar refractivity (Wildman–Crippen MR) is 89.8 cm³/mol. The minimum absolute atomic E-state index is 0.207. The maximum Gasteiger partial charge on any atom is 0.253 e. The number of hydrogen-bond donors (Lipinski definition) is 2. The van der Waals surface area contributed by atoms with Gasteiger partial charge in [0.15, 0.2) is 0 Å². The molecule has 1 aromatic heterocycles. The van der Waals surface area contributed by atoms with Gasteiger partial charge in [-0.15, -0.1) is 0 Å². The van der Waals surface area contributed by atoms with E-state index in [1.807, 2.05) is 0 Å². The Hall–Kier alpha value is -2.80. The van der Waals surface area contributed by atoms with E-state index in [9.17, 15) is 9.59 Å². The van der Waals surface area contributed by atoms with E-state index in [-0.39, 0.29) is 12.5 Å². The summed E-state index contributed by atoms with van der Waals surface area (Å²) in [5, 5.41) is 5.50. The number of carbonyl (C=O) groups is 2. The van der Waals surface area contributed by atoms with Gasteiger partial charge in [-0.2, -0.15) is 0 Å². The summed E-state index contributed by atoms with van der Waals surface area (Å²) in [7, 11) is 2.92. The van der Waals surface area contributed by atoms with Gasteiger partial charge in [-0.25, -0.2) is 0 Å². The van der Waals surface area contributed by atoms with Crippen LogP contribution in [-0.2, 0) is 4.79 Å². The van der Waals surface area contributed by atoms with Gasteiger partial charge in [-0.05, 0) is 12.1 Å². The van der Waals surface area contributed by atoms with E-state index in [2.05, 4.69) is 15.6 Å². The summed E-state index contributed by atoms with van der Waals surface area (Å²) in [4.78, 5) is 27.8. The molecule has 1 heterocycles. The molecule has 0 aliphatic heterocycles. The van der Waals surface area contributed by atoms with E-state index in [0.29, 0.717) is 27.8 Å². The molecule has 2 aromatic rings. The van der Waals surface area contributed by atoms with Gasteiger partial charge in [-0.3, -0.25) is 14.6 Å². The Morgan fingerprint density at radius 2 is 1.96 bits per heavy atom. The van der Waals surface area contributed by atoms with E-state index in [1.54, 1.807) is 24.4 Å². The van der Waals surface area contributed by atoms with Crippen LogP contribution in [0.2, 0.25) is 5.02 Å². The fraction of sp³-hybridized carbons (Fsp3) is 0.188. The van der Waals surface area contributed by atoms with Crippen molar-refractivity contribution in [1.29, 1.82) is 0 Å². The zero-order valence-corrected chi connectivity index (χ0v) is 13.9. The average Bonchev–Trinajstić information content (AvgIpc) is 2.61. The first-order valence-corrected chi connectivity index (χ1v) is 7.32. The average molecular weight is 350 g/mol. The normalized spacial score (nSPS) is 9.96. The molecule has 2 N–H and O–H groups in total. The number of ether oxygens (including phenoxy) is 2. The summed E-state index contributed by atoms with van der Waals surface area (Å²) < 4.78 is 10.3. The Kier molecular flexibility index (Phi) is 5.97. The molecular weight excluding hydrogens is 334 g/mol. The van der Waals surface area contributed by atoms with Crippen molar-refractivity contribution in [3.63, 3.8) is 0 Å². The number of carbonyl (C=O) groups excluding carboxylic acids is 2. The van der Waals surface area contributed by atoms with Crippen molar-refractivity contribution in [1.82, 2.24) is 10.3 Å². The topological polar surface area (TPSA) is 89.6 Å². The number of hydrogen-bond acceptors (Lipinski definition) is 5. The van der Waals surface area contributed by atoms with Crippen molar-refractivity contribution in [2.45, 2.75) is 0 Å². The van der Waals surface area contributed by atoms with Crippen LogP contribution in [0.25, 0.3) is 0 Å². The number of halogens is 1. The summed E-state index contributed by atoms with van der Waals surface area (Å²) in [6.45, 7) is -0.207. The number of pyridine rings is 1. The van der Waals surface area contributed by atoms with E-state index >= 15 is 0 Å². The molecule has 0 atom stereocenters. The molecule has 7 nitrogen and oxygen atoms in total. The molecule has 0 fully saturated rings. The van der Waals surface area contributed by atoms with Crippen molar-refractivity contribution in [3.05, 3.63) is 47.2 Å². The second-order valence-corrected chi connectivity index (χ2v) is 5.07. The summed E-state index contributed by atoms with van der Waals surface area (Å²) >= 11 is 6.01. The van der Waals surface area contributed by atoms with Gasteiger partial charge in [0.1, 0.15) is 11.5 Å². The van der Waals surface area contributed by atoms with Crippen molar-refractivity contribution >= 4 is 29.1 Å². The molecule has 0 radical (unpaired) electrons. The van der Waals surface area contributed by atoms with Crippen molar-refractivity contribution in [2.75, 3.05) is 26.1 Å². The van der Waals surface area contributed by atoms with Gasteiger partial charge < -0.3 is 20.1 Å². The number of amides is 2. The molecule has 0 aliphatic rings. The molecule has 24 heavy (non-hydrogen) atoms. The molecule has 0 spiro atoms. The quantitative estimate of drug-likeness (QED) is 0.833. The first kappa shape index (κ1) is 17.6. The minimum Gasteiger partial charge on any atom is -0.495 e. The number of rotatable bonds is 6. The number of nitrogens with one attached hydrogen (secondary N) is 2. The lowest BCUT2D eigenvalue weighted by Crippen LogP contribution is -2.33. The minimum atomic E-state index is -0.421. The largest absolute Gasteiger partial charge is 0.495 e. The molecule has 8 heteroatoms. The molecule has 0 bridgehead atoms. The van der Waals surface area contributed by atoms with Crippen molar-refractivity contribution in [3.8, 4) is 11.5 Å². The van der Waals surface area contributed by atoms with E-state index in [4.69, 9.17) is 21.1 Å². The highest BCUT2D eigenvalue weighted by Gasteiger charge is 2.13. The third kappa shape index (κ3) is 4.36. The van der Waals surface area contributed by atoms with E-state index < -0.39 is 5.91 Å². The molecule has 2 rings (SSSR count). The maximum absolute atomic E-state index is 12.0. The van der Waals surface area contributed by atoms with Crippen LogP contribution in [-0.4, -0.2) is 37.6 Å². The standard InChI is InChI=1S/C16H16ClN3O4/c1-23-13-7-12(14(24-2)6-11(13)17)20-15(21)9-19-16(22)10-4-3-5-18-8-10/h3-8H,9H2,1-2H3,(H,19,22)(H,20,21). The Morgan fingerprint density at radius 3 is 2.58 bits per heavy atom. The Bertz CT molecular complexity index is 738. The van der Waals surface area contributed by atoms with Crippen LogP contribution in [0, 0.1) is 0 Å². The van der Waals surface area contributed by atoms with Crippen LogP contribution in [0.3, 0.4) is 0 Å². The van der Waals surface area contributed by atoms with E-state index in [0.717, 1.165) is 0 Å². The SMILES string of the molecule is COc1cc(NC(=O)CNC(=O)c2cccnc2)c(OC)cc1Cl. The second-order valence-electron chi connectivity index (χ2n) is 4.66. The van der Waals surface area contributed by atoms with Gasteiger partial charge in [0.25, 0.3) is 5.91 Å². The lowest BCUT2D eigenvalue weighted by atomic mass is 10.2. The molecule has 126 valence electrons. The maximum atomic E-state index is 12.0. The third-order valence-electron chi connectivity index (χ3n) is 3.08. The summed E-state index contributed by atoms with van der Waals surface area (Å²) in [6.07, 6.45) is 2.98. The number of methoxy groups -OCH3 is 2. The van der Waals surface area contributed by atoms with Gasteiger partial charge >= 0.3 is 0 Å². The highest BCUT2D eigenvalue weighted by molar-refractivity contribution is 6.32. The smallest absolute Gasteiger partial charge is 0.253 e. The van der Waals surface area contributed by atoms with Crippen LogP contribution in [0.4, 0.5) is 5.69 Å². The molecule has 0 unspecified atom stereocenters. The molecule has 0 saturated carbocycles. The lowest BCUT2D eigenvalue weighted by molar-refractivity contribution is -0.115. The summed E-state index contributed by atoms with van der Waals surface area (Å²) in [6, 6.07) is 6.32. The molecule has 0 aliphatic carbocycles. The lowest BCUT2D eigenvalue weighted by Gasteiger charge is -2.13. The monoisotopic (exact) mass is 349 g/mol. The first-order valence-electron chi connectivity index (χ1n) is 6.94. The van der Waals surface area contributed by atoms with Crippen LogP contribution in [0.15, 0.2) is 36.7 Å². The van der Waals surface area contributed by atoms with Gasteiger partial charge in [-0.1, -0.05) is 11.6 Å². The van der Waals surface area contributed by atoms with Gasteiger partial charge in [0, 0.05) is 24.5 Å². The van der Waals surface area contributed by atoms with Crippen LogP contribution < -0.4 is 20.1 Å². The van der Waals surface area contributed by atoms with Crippen molar-refractivity contribution in [2.24, 2.45) is 0 Å². The number of anilines is 1. The molecule has 0 saturated heterocycles. The molecule has 2 amide bonds. The summed E-state index contributed by atoms with van der Waals surface area (Å²) in [5.74, 6) is -0.0336. The Balaban J connectivity index is 2.01.